The van der Waals surface area contributed by atoms with E-state index in [0.717, 1.165) is 19.3 Å². The first-order chi connectivity index (χ1) is 19.2. The molecule has 6 aliphatic carbocycles. The average Bonchev–Trinajstić information content (AvgIpc) is 3.38. The molecule has 0 aromatic rings. The Balaban J connectivity index is 1.10. The van der Waals surface area contributed by atoms with Gasteiger partial charge in [0.15, 0.2) is 0 Å². The van der Waals surface area contributed by atoms with Crippen LogP contribution in [0.2, 0.25) is 0 Å². The number of rotatable bonds is 6. The molecule has 0 saturated carbocycles. The Morgan fingerprint density at radius 2 is 1.87 bits per heavy atom. The summed E-state index contributed by atoms with van der Waals surface area (Å²) < 4.78 is 6.49. The smallest absolute Gasteiger partial charge is 0.127 e. The summed E-state index contributed by atoms with van der Waals surface area (Å²) in [5, 5.41) is 3.72. The van der Waals surface area contributed by atoms with Crippen LogP contribution in [0.15, 0.2) is 87.2 Å². The van der Waals surface area contributed by atoms with Gasteiger partial charge in [0, 0.05) is 30.4 Å². The summed E-state index contributed by atoms with van der Waals surface area (Å²) in [6.07, 6.45) is 37.1. The van der Waals surface area contributed by atoms with Gasteiger partial charge in [0.1, 0.15) is 12.3 Å². The van der Waals surface area contributed by atoms with Gasteiger partial charge in [0.05, 0.1) is 11.9 Å². The molecule has 0 spiro atoms. The second-order valence-electron chi connectivity index (χ2n) is 12.7. The van der Waals surface area contributed by atoms with Crippen LogP contribution in [0.25, 0.3) is 0 Å². The fourth-order valence-electron chi connectivity index (χ4n) is 8.22. The first-order valence-electron chi connectivity index (χ1n) is 15.8. The maximum atomic E-state index is 6.67. The fraction of sp³-hybridized carbons (Fsp3) is 0.571. The second kappa shape index (κ2) is 11.2. The zero-order valence-corrected chi connectivity index (χ0v) is 23.4. The SMILES string of the molecule is NC(NC(N=CC1=CC2CCC3=C(C2C=C1)C1C2=C(CCCC2)OC1C=C3)C1C=CCCC1)C1=CCCCC1. The molecule has 7 aliphatic rings. The highest BCUT2D eigenvalue weighted by atomic mass is 16.5. The lowest BCUT2D eigenvalue weighted by molar-refractivity contribution is 0.148. The van der Waals surface area contributed by atoms with Gasteiger partial charge in [-0.1, -0.05) is 42.5 Å². The maximum Gasteiger partial charge on any atom is 0.127 e. The molecule has 4 heteroatoms. The summed E-state index contributed by atoms with van der Waals surface area (Å²) in [6, 6.07) is 0. The van der Waals surface area contributed by atoms with Crippen molar-refractivity contribution in [3.8, 4) is 0 Å². The van der Waals surface area contributed by atoms with Gasteiger partial charge in [-0.15, -0.1) is 0 Å². The van der Waals surface area contributed by atoms with E-state index in [9.17, 15) is 0 Å². The highest BCUT2D eigenvalue weighted by Crippen LogP contribution is 2.53. The molecule has 1 heterocycles. The number of allylic oxidation sites excluding steroid dienone is 9. The minimum absolute atomic E-state index is 0.0172. The Bertz CT molecular complexity index is 1210. The van der Waals surface area contributed by atoms with Crippen molar-refractivity contribution in [1.82, 2.24) is 5.32 Å². The number of fused-ring (bicyclic) bond motifs is 5. The number of ether oxygens (including phenoxy) is 1. The highest BCUT2D eigenvalue weighted by molar-refractivity contribution is 5.83. The zero-order chi connectivity index (χ0) is 26.2. The van der Waals surface area contributed by atoms with Crippen LogP contribution >= 0.6 is 0 Å². The molecule has 7 rings (SSSR count). The van der Waals surface area contributed by atoms with Crippen LogP contribution in [0.3, 0.4) is 0 Å². The van der Waals surface area contributed by atoms with Crippen molar-refractivity contribution in [1.29, 1.82) is 0 Å². The largest absolute Gasteiger partial charge is 0.490 e. The topological polar surface area (TPSA) is 59.6 Å². The third kappa shape index (κ3) is 5.11. The average molecular weight is 524 g/mol. The normalized spacial score (nSPS) is 35.1. The summed E-state index contributed by atoms with van der Waals surface area (Å²) in [4.78, 5) is 5.17. The van der Waals surface area contributed by atoms with E-state index in [1.807, 2.05) is 0 Å². The van der Waals surface area contributed by atoms with Gasteiger partial charge in [-0.05, 0) is 117 Å². The lowest BCUT2D eigenvalue weighted by Gasteiger charge is -2.40. The molecular formula is C35H45N3O. The van der Waals surface area contributed by atoms with E-state index in [4.69, 9.17) is 15.5 Å². The number of hydrogen-bond acceptors (Lipinski definition) is 4. The van der Waals surface area contributed by atoms with Gasteiger partial charge in [-0.2, -0.15) is 0 Å². The zero-order valence-electron chi connectivity index (χ0n) is 23.4. The standard InChI is InChI=1S/C35H45N3O/c36-34(25-9-3-1-4-10-25)38-35(26-11-5-2-6-12-26)37-22-23-15-19-28-27(21-23)17-16-24-18-20-31-33(32(24)28)29-13-7-8-14-30(29)39-31/h5,9,11,15,18-22,26-28,31,33-35,38H,1-4,6-8,10,12-14,16-17,36H2. The lowest BCUT2D eigenvalue weighted by Crippen LogP contribution is -2.47. The lowest BCUT2D eigenvalue weighted by atomic mass is 9.64. The molecule has 7 unspecified atom stereocenters. The monoisotopic (exact) mass is 523 g/mol. The van der Waals surface area contributed by atoms with Crippen LogP contribution in [0.1, 0.15) is 83.5 Å². The molecule has 206 valence electrons. The minimum Gasteiger partial charge on any atom is -0.490 e. The van der Waals surface area contributed by atoms with Crippen molar-refractivity contribution in [2.24, 2.45) is 34.4 Å². The number of aliphatic imine (C=N–C) groups is 1. The molecule has 0 aromatic heterocycles. The Morgan fingerprint density at radius 1 is 0.949 bits per heavy atom. The van der Waals surface area contributed by atoms with E-state index in [0.29, 0.717) is 23.7 Å². The highest BCUT2D eigenvalue weighted by Gasteiger charge is 2.45. The molecule has 0 aromatic carbocycles. The van der Waals surface area contributed by atoms with Crippen molar-refractivity contribution in [3.05, 3.63) is 82.2 Å². The predicted molar refractivity (Wildman–Crippen MR) is 160 cm³/mol. The fourth-order valence-corrected chi connectivity index (χ4v) is 8.22. The first kappa shape index (κ1) is 25.5. The summed E-state index contributed by atoms with van der Waals surface area (Å²) in [7, 11) is 0. The number of nitrogens with one attached hydrogen (secondary N) is 1. The Kier molecular flexibility index (Phi) is 7.34. The quantitative estimate of drug-likeness (QED) is 0.217. The van der Waals surface area contributed by atoms with Crippen LogP contribution in [0.4, 0.5) is 0 Å². The van der Waals surface area contributed by atoms with Crippen LogP contribution < -0.4 is 11.1 Å². The van der Waals surface area contributed by atoms with E-state index in [-0.39, 0.29) is 18.4 Å². The summed E-state index contributed by atoms with van der Waals surface area (Å²) in [5.41, 5.74) is 14.1. The summed E-state index contributed by atoms with van der Waals surface area (Å²) in [6.45, 7) is 0. The van der Waals surface area contributed by atoms with Gasteiger partial charge in [-0.3, -0.25) is 10.3 Å². The van der Waals surface area contributed by atoms with Crippen LogP contribution in [0.5, 0.6) is 0 Å². The molecule has 0 radical (unpaired) electrons. The Labute approximate surface area is 234 Å². The van der Waals surface area contributed by atoms with Gasteiger partial charge in [0.25, 0.3) is 0 Å². The molecule has 3 N–H and O–H groups in total. The van der Waals surface area contributed by atoms with Crippen LogP contribution in [0, 0.1) is 23.7 Å². The van der Waals surface area contributed by atoms with Crippen molar-refractivity contribution in [2.45, 2.75) is 102 Å². The molecule has 0 bridgehead atoms. The third-order valence-electron chi connectivity index (χ3n) is 10.3. The van der Waals surface area contributed by atoms with E-state index in [1.54, 1.807) is 16.7 Å². The number of nitrogens with two attached hydrogens (primary N) is 1. The van der Waals surface area contributed by atoms with Crippen molar-refractivity contribution in [2.75, 3.05) is 0 Å². The van der Waals surface area contributed by atoms with Crippen LogP contribution in [-0.2, 0) is 4.74 Å². The molecule has 7 atom stereocenters. The van der Waals surface area contributed by atoms with Gasteiger partial charge < -0.3 is 10.5 Å². The predicted octanol–water partition coefficient (Wildman–Crippen LogP) is 7.35. The molecule has 4 nitrogen and oxygen atoms in total. The third-order valence-corrected chi connectivity index (χ3v) is 10.3. The molecular weight excluding hydrogens is 478 g/mol. The summed E-state index contributed by atoms with van der Waals surface area (Å²) >= 11 is 0. The van der Waals surface area contributed by atoms with Crippen molar-refractivity contribution < 1.29 is 4.74 Å². The Morgan fingerprint density at radius 3 is 2.74 bits per heavy atom. The van der Waals surface area contributed by atoms with Crippen molar-refractivity contribution in [3.63, 3.8) is 0 Å². The molecule has 0 fully saturated rings. The Hall–Kier alpha value is -2.43. The molecule has 1 aliphatic heterocycles. The molecule has 39 heavy (non-hydrogen) atoms. The van der Waals surface area contributed by atoms with E-state index >= 15 is 0 Å². The second-order valence-corrected chi connectivity index (χ2v) is 12.7. The van der Waals surface area contributed by atoms with Crippen LogP contribution in [-0.4, -0.2) is 24.7 Å². The number of nitrogens with zero attached hydrogens (tertiary/aromatic N) is 1. The maximum absolute atomic E-state index is 6.67. The molecule has 0 saturated heterocycles. The first-order valence-corrected chi connectivity index (χ1v) is 15.8. The summed E-state index contributed by atoms with van der Waals surface area (Å²) in [5.74, 6) is 3.23. The van der Waals surface area contributed by atoms with E-state index in [1.165, 1.54) is 81.1 Å². The van der Waals surface area contributed by atoms with Gasteiger partial charge >= 0.3 is 0 Å². The van der Waals surface area contributed by atoms with Gasteiger partial charge in [-0.25, -0.2) is 0 Å². The molecule has 0 amide bonds. The van der Waals surface area contributed by atoms with E-state index < -0.39 is 0 Å². The van der Waals surface area contributed by atoms with Crippen molar-refractivity contribution >= 4 is 6.21 Å². The van der Waals surface area contributed by atoms with E-state index in [2.05, 4.69) is 60.1 Å². The van der Waals surface area contributed by atoms with Gasteiger partial charge in [0.2, 0.25) is 0 Å². The minimum atomic E-state index is -0.105. The number of hydrogen-bond donors (Lipinski definition) is 2.